The zero-order valence-electron chi connectivity index (χ0n) is 44.4. The van der Waals surface area contributed by atoms with E-state index in [0.29, 0.717) is 0 Å². The summed E-state index contributed by atoms with van der Waals surface area (Å²) < 4.78 is 0. The summed E-state index contributed by atoms with van der Waals surface area (Å²) in [4.78, 5) is 0. The minimum atomic E-state index is -0.768. The van der Waals surface area contributed by atoms with Gasteiger partial charge in [0.1, 0.15) is 0 Å². The molecule has 17 rings (SSSR count). The molecule has 0 fully saturated rings. The van der Waals surface area contributed by atoms with E-state index in [1.165, 1.54) is 164 Å². The van der Waals surface area contributed by atoms with Gasteiger partial charge in [-0.2, -0.15) is 0 Å². The summed E-state index contributed by atoms with van der Waals surface area (Å²) in [5.74, 6) is 0. The summed E-state index contributed by atoms with van der Waals surface area (Å²) in [5, 5.41) is 19.9. The number of rotatable bonds is 6. The highest BCUT2D eigenvalue weighted by molar-refractivity contribution is 6.17. The van der Waals surface area contributed by atoms with Crippen LogP contribution in [-0.4, -0.2) is 0 Å². The van der Waals surface area contributed by atoms with Crippen LogP contribution in [0.2, 0.25) is 0 Å². The van der Waals surface area contributed by atoms with Crippen molar-refractivity contribution >= 4 is 86.2 Å². The summed E-state index contributed by atoms with van der Waals surface area (Å²) in [5.41, 5.74) is 16.6. The smallest absolute Gasteiger partial charge is 0.0616 e. The molecule has 16 aromatic carbocycles. The molecule has 0 saturated carbocycles. The van der Waals surface area contributed by atoms with Crippen LogP contribution < -0.4 is 0 Å². The molecule has 0 amide bonds. The van der Waals surface area contributed by atoms with Crippen LogP contribution in [0.5, 0.6) is 0 Å². The first-order valence-corrected chi connectivity index (χ1v) is 28.3. The van der Waals surface area contributed by atoms with Gasteiger partial charge in [-0.25, -0.2) is 0 Å². The molecule has 374 valence electrons. The number of hydrogen-bond donors (Lipinski definition) is 0. The van der Waals surface area contributed by atoms with E-state index < -0.39 is 5.41 Å². The van der Waals surface area contributed by atoms with Crippen LogP contribution in [0.15, 0.2) is 303 Å². The van der Waals surface area contributed by atoms with Crippen molar-refractivity contribution in [2.45, 2.75) is 5.41 Å². The lowest BCUT2D eigenvalue weighted by Crippen LogP contribution is -2.28. The van der Waals surface area contributed by atoms with E-state index in [4.69, 9.17) is 0 Å². The van der Waals surface area contributed by atoms with Gasteiger partial charge in [-0.05, 0) is 200 Å². The Labute approximate surface area is 470 Å². The maximum atomic E-state index is 2.56. The van der Waals surface area contributed by atoms with Gasteiger partial charge in [-0.3, -0.25) is 0 Å². The number of benzene rings is 16. The lowest BCUT2D eigenvalue weighted by atomic mass is 9.66. The molecule has 0 unspecified atom stereocenters. The van der Waals surface area contributed by atoms with Crippen molar-refractivity contribution < 1.29 is 0 Å². The van der Waals surface area contributed by atoms with Crippen LogP contribution in [0.1, 0.15) is 22.3 Å². The Balaban J connectivity index is 0.985. The number of hydrogen-bond acceptors (Lipinski definition) is 0. The largest absolute Gasteiger partial charge is 0.0714 e. The Hall–Kier alpha value is -10.4. The second-order valence-electron chi connectivity index (χ2n) is 22.2. The van der Waals surface area contributed by atoms with Gasteiger partial charge in [0.05, 0.1) is 5.41 Å². The number of fused-ring (bicyclic) bond motifs is 11. The van der Waals surface area contributed by atoms with Crippen LogP contribution in [0, 0.1) is 0 Å². The Morgan fingerprint density at radius 1 is 0.173 bits per heavy atom. The SMILES string of the molecule is c1ccc2c(-c3ccc(C4(c5ccc(-c6c7ccccc7cc7ccccc67)cc5)c5cc(-c6c7ccccc7cc7ccccc67)ccc5-c5ccc(-c6c7ccccc7cc7ccccc67)cc54)cc3)c3ccccc3cc2c1. The molecule has 1 aliphatic carbocycles. The highest BCUT2D eigenvalue weighted by atomic mass is 14.5. The Morgan fingerprint density at radius 2 is 0.383 bits per heavy atom. The van der Waals surface area contributed by atoms with Gasteiger partial charge in [0, 0.05) is 0 Å². The van der Waals surface area contributed by atoms with Crippen LogP contribution in [0.25, 0.3) is 142 Å². The van der Waals surface area contributed by atoms with Crippen LogP contribution in [0.3, 0.4) is 0 Å². The van der Waals surface area contributed by atoms with E-state index in [-0.39, 0.29) is 0 Å². The fraction of sp³-hybridized carbons (Fsp3) is 0.0123. The molecule has 81 heavy (non-hydrogen) atoms. The first-order valence-electron chi connectivity index (χ1n) is 28.3. The molecule has 16 aromatic rings. The lowest BCUT2D eigenvalue weighted by molar-refractivity contribution is 0.769. The molecule has 0 heteroatoms. The van der Waals surface area contributed by atoms with Crippen molar-refractivity contribution in [2.75, 3.05) is 0 Å². The van der Waals surface area contributed by atoms with Crippen molar-refractivity contribution in [3.8, 4) is 55.6 Å². The first kappa shape index (κ1) is 45.6. The molecule has 0 spiro atoms. The molecule has 0 aromatic heterocycles. The van der Waals surface area contributed by atoms with E-state index in [0.717, 1.165) is 0 Å². The van der Waals surface area contributed by atoms with E-state index in [1.54, 1.807) is 0 Å². The zero-order chi connectivity index (χ0) is 53.2. The third-order valence-electron chi connectivity index (χ3n) is 18.0. The van der Waals surface area contributed by atoms with Crippen molar-refractivity contribution in [2.24, 2.45) is 0 Å². The molecular weight excluding hydrogens is 973 g/mol. The molecule has 1 aliphatic rings. The predicted octanol–water partition coefficient (Wildman–Crippen LogP) is 21.9. The van der Waals surface area contributed by atoms with Gasteiger partial charge in [0.25, 0.3) is 0 Å². The summed E-state index contributed by atoms with van der Waals surface area (Å²) in [6.07, 6.45) is 0. The Bertz CT molecular complexity index is 4720. The molecule has 0 radical (unpaired) electrons. The molecule has 0 bridgehead atoms. The monoisotopic (exact) mass is 1020 g/mol. The lowest BCUT2D eigenvalue weighted by Gasteiger charge is -2.35. The molecule has 0 heterocycles. The Morgan fingerprint density at radius 3 is 0.630 bits per heavy atom. The third-order valence-corrected chi connectivity index (χ3v) is 18.0. The summed E-state index contributed by atoms with van der Waals surface area (Å²) in [6, 6.07) is 115. The third kappa shape index (κ3) is 6.84. The van der Waals surface area contributed by atoms with Gasteiger partial charge in [0.15, 0.2) is 0 Å². The maximum Gasteiger partial charge on any atom is 0.0714 e. The van der Waals surface area contributed by atoms with Crippen LogP contribution in [0.4, 0.5) is 0 Å². The van der Waals surface area contributed by atoms with Crippen molar-refractivity contribution in [3.63, 3.8) is 0 Å². The van der Waals surface area contributed by atoms with Gasteiger partial charge in [-0.1, -0.05) is 267 Å². The summed E-state index contributed by atoms with van der Waals surface area (Å²) in [6.45, 7) is 0. The minimum absolute atomic E-state index is 0.768. The topological polar surface area (TPSA) is 0 Å². The average Bonchev–Trinajstić information content (AvgIpc) is 4.07. The highest BCUT2D eigenvalue weighted by Crippen LogP contribution is 2.59. The van der Waals surface area contributed by atoms with Gasteiger partial charge in [-0.15, -0.1) is 0 Å². The molecule has 0 nitrogen and oxygen atoms in total. The normalized spacial score (nSPS) is 12.8. The summed E-state index contributed by atoms with van der Waals surface area (Å²) >= 11 is 0. The summed E-state index contributed by atoms with van der Waals surface area (Å²) in [7, 11) is 0. The highest BCUT2D eigenvalue weighted by Gasteiger charge is 2.47. The molecule has 0 N–H and O–H groups in total. The molecule has 0 aliphatic heterocycles. The predicted molar refractivity (Wildman–Crippen MR) is 346 cm³/mol. The van der Waals surface area contributed by atoms with Gasteiger partial charge < -0.3 is 0 Å². The van der Waals surface area contributed by atoms with Gasteiger partial charge in [0.2, 0.25) is 0 Å². The van der Waals surface area contributed by atoms with Crippen molar-refractivity contribution in [1.82, 2.24) is 0 Å². The van der Waals surface area contributed by atoms with E-state index in [2.05, 4.69) is 303 Å². The van der Waals surface area contributed by atoms with Crippen molar-refractivity contribution in [1.29, 1.82) is 0 Å². The van der Waals surface area contributed by atoms with Crippen LogP contribution >= 0.6 is 0 Å². The average molecular weight is 1020 g/mol. The van der Waals surface area contributed by atoms with Gasteiger partial charge >= 0.3 is 0 Å². The second kappa shape index (κ2) is 17.8. The van der Waals surface area contributed by atoms with E-state index in [9.17, 15) is 0 Å². The fourth-order valence-corrected chi connectivity index (χ4v) is 14.5. The first-order chi connectivity index (χ1) is 40.2. The van der Waals surface area contributed by atoms with Crippen molar-refractivity contribution in [3.05, 3.63) is 326 Å². The quantitative estimate of drug-likeness (QED) is 0.146. The molecule has 0 saturated heterocycles. The molecular formula is C81H50. The minimum Gasteiger partial charge on any atom is -0.0616 e. The fourth-order valence-electron chi connectivity index (χ4n) is 14.5. The Kier molecular flexibility index (Phi) is 10.0. The zero-order valence-corrected chi connectivity index (χ0v) is 44.4. The van der Waals surface area contributed by atoms with E-state index >= 15 is 0 Å². The maximum absolute atomic E-state index is 2.56. The standard InChI is InChI=1S/C81H50/c1-9-25-65-53(17-1)45-54-18-2-10-26-66(54)77(65)51-33-39-63(40-34-51)81(64-41-35-52(36-42-64)78-67-27-11-3-19-55(67)46-56-20-4-12-28-68(56)78)75-49-61(79-69-29-13-5-21-57(69)47-58-22-6-14-30-70(58)79)37-43-73(75)74-44-38-62(50-76(74)81)80-71-31-15-7-23-59(71)48-60-24-8-16-32-72(60)80/h1-50H. The van der Waals surface area contributed by atoms with E-state index in [1.807, 2.05) is 0 Å². The second-order valence-corrected chi connectivity index (χ2v) is 22.2. The molecule has 0 atom stereocenters. The van der Waals surface area contributed by atoms with Crippen LogP contribution in [-0.2, 0) is 5.41 Å².